The Bertz CT molecular complexity index is 887. The fourth-order valence-electron chi connectivity index (χ4n) is 3.59. The lowest BCUT2D eigenvalue weighted by Gasteiger charge is -2.32. The minimum Gasteiger partial charge on any atom is -0.339 e. The van der Waals surface area contributed by atoms with E-state index < -0.39 is 0 Å². The zero-order valence-corrected chi connectivity index (χ0v) is 15.9. The summed E-state index contributed by atoms with van der Waals surface area (Å²) in [6.07, 6.45) is 1.79. The van der Waals surface area contributed by atoms with Crippen molar-refractivity contribution in [2.45, 2.75) is 12.8 Å². The summed E-state index contributed by atoms with van der Waals surface area (Å²) in [6, 6.07) is 19.4. The van der Waals surface area contributed by atoms with Gasteiger partial charge in [-0.2, -0.15) is 4.98 Å². The molecule has 1 N–H and O–H groups in total. The predicted molar refractivity (Wildman–Crippen MR) is 106 cm³/mol. The number of benzene rings is 2. The number of amides is 1. The third-order valence-corrected chi connectivity index (χ3v) is 5.20. The number of quaternary nitrogens is 1. The molecule has 6 heteroatoms. The van der Waals surface area contributed by atoms with Gasteiger partial charge in [0.15, 0.2) is 0 Å². The van der Waals surface area contributed by atoms with E-state index in [9.17, 15) is 4.79 Å². The lowest BCUT2D eigenvalue weighted by molar-refractivity contribution is -0.904. The van der Waals surface area contributed by atoms with Crippen molar-refractivity contribution in [2.75, 3.05) is 32.7 Å². The Kier molecular flexibility index (Phi) is 5.77. The molecule has 0 spiro atoms. The fourth-order valence-corrected chi connectivity index (χ4v) is 3.59. The number of hydrogen-bond acceptors (Lipinski definition) is 4. The second kappa shape index (κ2) is 8.80. The summed E-state index contributed by atoms with van der Waals surface area (Å²) < 4.78 is 5.38. The van der Waals surface area contributed by atoms with Crippen LogP contribution in [0.3, 0.4) is 0 Å². The molecule has 0 radical (unpaired) electrons. The van der Waals surface area contributed by atoms with Gasteiger partial charge in [-0.3, -0.25) is 4.79 Å². The van der Waals surface area contributed by atoms with Crippen LogP contribution in [0.25, 0.3) is 11.4 Å². The van der Waals surface area contributed by atoms with Gasteiger partial charge in [-0.05, 0) is 12.1 Å². The highest BCUT2D eigenvalue weighted by Crippen LogP contribution is 2.15. The van der Waals surface area contributed by atoms with Gasteiger partial charge in [-0.15, -0.1) is 0 Å². The Hall–Kier alpha value is -2.99. The highest BCUT2D eigenvalue weighted by atomic mass is 16.5. The normalized spacial score (nSPS) is 14.9. The van der Waals surface area contributed by atoms with E-state index in [0.29, 0.717) is 11.7 Å². The SMILES string of the molecule is O=C(c1ccccc1)N1CC[NH+](CCCc2nc(-c3ccccc3)no2)CC1. The second-order valence-corrected chi connectivity index (χ2v) is 7.14. The molecule has 1 fully saturated rings. The average molecular weight is 377 g/mol. The summed E-state index contributed by atoms with van der Waals surface area (Å²) in [5.74, 6) is 1.48. The molecule has 0 saturated carbocycles. The molecule has 1 aliphatic heterocycles. The fraction of sp³-hybridized carbons (Fsp3) is 0.318. The van der Waals surface area contributed by atoms with Crippen molar-refractivity contribution >= 4 is 5.91 Å². The van der Waals surface area contributed by atoms with E-state index in [1.165, 1.54) is 4.90 Å². The molecule has 3 aromatic rings. The van der Waals surface area contributed by atoms with Gasteiger partial charge in [0.25, 0.3) is 5.91 Å². The number of piperazine rings is 1. The molecule has 0 aliphatic carbocycles. The maximum Gasteiger partial charge on any atom is 0.254 e. The third-order valence-electron chi connectivity index (χ3n) is 5.20. The predicted octanol–water partition coefficient (Wildman–Crippen LogP) is 1.71. The molecule has 144 valence electrons. The molecular weight excluding hydrogens is 352 g/mol. The third kappa shape index (κ3) is 4.46. The van der Waals surface area contributed by atoms with E-state index in [4.69, 9.17) is 4.52 Å². The van der Waals surface area contributed by atoms with Crippen molar-refractivity contribution in [3.05, 3.63) is 72.1 Å². The molecule has 0 unspecified atom stereocenters. The van der Waals surface area contributed by atoms with Crippen LogP contribution >= 0.6 is 0 Å². The summed E-state index contributed by atoms with van der Waals surface area (Å²) in [7, 11) is 0. The molecule has 1 amide bonds. The van der Waals surface area contributed by atoms with Crippen LogP contribution in [-0.4, -0.2) is 53.7 Å². The van der Waals surface area contributed by atoms with E-state index in [1.54, 1.807) is 0 Å². The Balaban J connectivity index is 1.21. The van der Waals surface area contributed by atoms with Gasteiger partial charge in [0.1, 0.15) is 0 Å². The lowest BCUT2D eigenvalue weighted by atomic mass is 10.2. The quantitative estimate of drug-likeness (QED) is 0.710. The molecular formula is C22H25N4O2+. The van der Waals surface area contributed by atoms with Crippen molar-refractivity contribution in [1.82, 2.24) is 15.0 Å². The van der Waals surface area contributed by atoms with E-state index in [-0.39, 0.29) is 5.91 Å². The van der Waals surface area contributed by atoms with Gasteiger partial charge in [0.05, 0.1) is 32.7 Å². The van der Waals surface area contributed by atoms with E-state index in [0.717, 1.165) is 56.7 Å². The number of nitrogens with one attached hydrogen (secondary N) is 1. The van der Waals surface area contributed by atoms with Crippen LogP contribution in [0.5, 0.6) is 0 Å². The van der Waals surface area contributed by atoms with Gasteiger partial charge < -0.3 is 14.3 Å². The Morgan fingerprint density at radius 1 is 1.00 bits per heavy atom. The van der Waals surface area contributed by atoms with E-state index in [2.05, 4.69) is 10.1 Å². The van der Waals surface area contributed by atoms with Crippen molar-refractivity contribution < 1.29 is 14.2 Å². The Labute approximate surface area is 164 Å². The average Bonchev–Trinajstić information content (AvgIpc) is 3.24. The standard InChI is InChI=1S/C22H24N4O2/c27-22(19-10-5-2-6-11-19)26-16-14-25(15-17-26)13-7-12-20-23-21(24-28-20)18-8-3-1-4-9-18/h1-6,8-11H,7,12-17H2/p+1. The summed E-state index contributed by atoms with van der Waals surface area (Å²) in [6.45, 7) is 4.63. The van der Waals surface area contributed by atoms with Crippen molar-refractivity contribution in [1.29, 1.82) is 0 Å². The minimum atomic E-state index is 0.138. The van der Waals surface area contributed by atoms with Gasteiger partial charge in [0.2, 0.25) is 11.7 Å². The summed E-state index contributed by atoms with van der Waals surface area (Å²) >= 11 is 0. The molecule has 0 atom stereocenters. The largest absolute Gasteiger partial charge is 0.339 e. The van der Waals surface area contributed by atoms with Crippen LogP contribution in [0.1, 0.15) is 22.7 Å². The van der Waals surface area contributed by atoms with Gasteiger partial charge in [-0.1, -0.05) is 53.7 Å². The van der Waals surface area contributed by atoms with E-state index >= 15 is 0 Å². The molecule has 2 heterocycles. The number of hydrogen-bond donors (Lipinski definition) is 1. The molecule has 6 nitrogen and oxygen atoms in total. The maximum atomic E-state index is 12.5. The molecule has 0 bridgehead atoms. The molecule has 28 heavy (non-hydrogen) atoms. The van der Waals surface area contributed by atoms with Crippen LogP contribution in [0.4, 0.5) is 0 Å². The number of carbonyl (C=O) groups excluding carboxylic acids is 1. The van der Waals surface area contributed by atoms with E-state index in [1.807, 2.05) is 65.6 Å². The zero-order valence-electron chi connectivity index (χ0n) is 15.9. The van der Waals surface area contributed by atoms with Crippen LogP contribution in [-0.2, 0) is 6.42 Å². The highest BCUT2D eigenvalue weighted by molar-refractivity contribution is 5.94. The molecule has 1 aromatic heterocycles. The second-order valence-electron chi connectivity index (χ2n) is 7.14. The highest BCUT2D eigenvalue weighted by Gasteiger charge is 2.24. The smallest absolute Gasteiger partial charge is 0.254 e. The number of carbonyl (C=O) groups is 1. The Morgan fingerprint density at radius 2 is 1.68 bits per heavy atom. The summed E-state index contributed by atoms with van der Waals surface area (Å²) in [5, 5.41) is 4.07. The lowest BCUT2D eigenvalue weighted by Crippen LogP contribution is -3.14. The number of aromatic nitrogens is 2. The van der Waals surface area contributed by atoms with Crippen LogP contribution in [0.2, 0.25) is 0 Å². The van der Waals surface area contributed by atoms with Crippen LogP contribution in [0.15, 0.2) is 65.2 Å². The number of nitrogens with zero attached hydrogens (tertiary/aromatic N) is 3. The minimum absolute atomic E-state index is 0.138. The zero-order chi connectivity index (χ0) is 19.2. The van der Waals surface area contributed by atoms with Gasteiger partial charge in [0, 0.05) is 24.0 Å². The molecule has 1 aliphatic rings. The first-order chi connectivity index (χ1) is 13.8. The first-order valence-corrected chi connectivity index (χ1v) is 9.85. The maximum absolute atomic E-state index is 12.5. The van der Waals surface area contributed by atoms with Crippen LogP contribution < -0.4 is 4.90 Å². The van der Waals surface area contributed by atoms with Gasteiger partial charge >= 0.3 is 0 Å². The van der Waals surface area contributed by atoms with Crippen molar-refractivity contribution in [2.24, 2.45) is 0 Å². The van der Waals surface area contributed by atoms with Crippen molar-refractivity contribution in [3.63, 3.8) is 0 Å². The number of rotatable bonds is 6. The van der Waals surface area contributed by atoms with Crippen molar-refractivity contribution in [3.8, 4) is 11.4 Å². The topological polar surface area (TPSA) is 63.7 Å². The van der Waals surface area contributed by atoms with Gasteiger partial charge in [-0.25, -0.2) is 0 Å². The summed E-state index contributed by atoms with van der Waals surface area (Å²) in [4.78, 5) is 20.5. The molecule has 1 saturated heterocycles. The monoisotopic (exact) mass is 377 g/mol. The van der Waals surface area contributed by atoms with Crippen LogP contribution in [0, 0.1) is 0 Å². The summed E-state index contributed by atoms with van der Waals surface area (Å²) in [5.41, 5.74) is 1.75. The first-order valence-electron chi connectivity index (χ1n) is 9.85. The first kappa shape index (κ1) is 18.4. The molecule has 4 rings (SSSR count). The Morgan fingerprint density at radius 3 is 2.39 bits per heavy atom. The number of aryl methyl sites for hydroxylation is 1. The molecule has 2 aromatic carbocycles.